The molecular formula is C20H22ClN3O3S2. The molecule has 0 N–H and O–H groups in total. The number of rotatable bonds is 8. The standard InChI is InChI=1S/C20H22ClN3O3S2/c1-23(2)12-13-24(20-22-17-5-3-4-6-18(17)28-20)19(25)11-14-29(26,27)16-9-7-15(21)8-10-16/h3-10H,11-14H2,1-2H3. The fourth-order valence-electron chi connectivity index (χ4n) is 2.72. The van der Waals surface area contributed by atoms with Gasteiger partial charge in [-0.3, -0.25) is 9.69 Å². The third-order valence-corrected chi connectivity index (χ3v) is 7.39. The van der Waals surface area contributed by atoms with Crippen LogP contribution in [0.5, 0.6) is 0 Å². The minimum atomic E-state index is -3.58. The van der Waals surface area contributed by atoms with Crippen molar-refractivity contribution in [3.8, 4) is 0 Å². The highest BCUT2D eigenvalue weighted by atomic mass is 35.5. The Bertz CT molecular complexity index is 1060. The van der Waals surface area contributed by atoms with Gasteiger partial charge in [-0.2, -0.15) is 0 Å². The number of sulfone groups is 1. The second kappa shape index (κ2) is 9.21. The fourth-order valence-corrected chi connectivity index (χ4v) is 5.08. The van der Waals surface area contributed by atoms with Crippen LogP contribution < -0.4 is 4.90 Å². The van der Waals surface area contributed by atoms with Crippen LogP contribution in [0.2, 0.25) is 5.02 Å². The van der Waals surface area contributed by atoms with Crippen LogP contribution in [-0.4, -0.2) is 57.1 Å². The van der Waals surface area contributed by atoms with Gasteiger partial charge in [0.05, 0.1) is 20.9 Å². The molecule has 6 nitrogen and oxygen atoms in total. The molecule has 3 rings (SSSR count). The molecule has 0 aliphatic heterocycles. The summed E-state index contributed by atoms with van der Waals surface area (Å²) >= 11 is 7.26. The van der Waals surface area contributed by atoms with Gasteiger partial charge in [0.15, 0.2) is 15.0 Å². The second-order valence-corrected chi connectivity index (χ2v) is 10.4. The minimum Gasteiger partial charge on any atom is -0.308 e. The fraction of sp³-hybridized carbons (Fsp3) is 0.300. The number of anilines is 1. The van der Waals surface area contributed by atoms with Crippen molar-refractivity contribution >= 4 is 54.0 Å². The molecule has 1 amide bonds. The Hall–Kier alpha value is -2.00. The Balaban J connectivity index is 1.78. The lowest BCUT2D eigenvalue weighted by atomic mass is 10.3. The van der Waals surface area contributed by atoms with Crippen molar-refractivity contribution in [2.75, 3.05) is 37.8 Å². The van der Waals surface area contributed by atoms with Gasteiger partial charge in [-0.05, 0) is 50.5 Å². The number of aromatic nitrogens is 1. The number of hydrogen-bond acceptors (Lipinski definition) is 6. The van der Waals surface area contributed by atoms with Gasteiger partial charge < -0.3 is 4.90 Å². The summed E-state index contributed by atoms with van der Waals surface area (Å²) in [4.78, 5) is 21.2. The number of carbonyl (C=O) groups is 1. The first-order chi connectivity index (χ1) is 13.8. The van der Waals surface area contributed by atoms with Gasteiger partial charge in [-0.1, -0.05) is 35.1 Å². The molecule has 0 bridgehead atoms. The average Bonchev–Trinajstić information content (AvgIpc) is 3.10. The predicted molar refractivity (Wildman–Crippen MR) is 119 cm³/mol. The monoisotopic (exact) mass is 451 g/mol. The summed E-state index contributed by atoms with van der Waals surface area (Å²) in [6.07, 6.45) is -0.117. The van der Waals surface area contributed by atoms with Crippen molar-refractivity contribution in [1.29, 1.82) is 0 Å². The first-order valence-corrected chi connectivity index (χ1v) is 11.9. The highest BCUT2D eigenvalue weighted by molar-refractivity contribution is 7.91. The third kappa shape index (κ3) is 5.54. The molecule has 1 aromatic heterocycles. The first kappa shape index (κ1) is 21.7. The van der Waals surface area contributed by atoms with Gasteiger partial charge >= 0.3 is 0 Å². The van der Waals surface area contributed by atoms with Crippen molar-refractivity contribution in [2.24, 2.45) is 0 Å². The van der Waals surface area contributed by atoms with Gasteiger partial charge in [-0.15, -0.1) is 0 Å². The van der Waals surface area contributed by atoms with Crippen molar-refractivity contribution in [1.82, 2.24) is 9.88 Å². The van der Waals surface area contributed by atoms with E-state index in [0.717, 1.165) is 10.2 Å². The normalized spacial score (nSPS) is 11.9. The highest BCUT2D eigenvalue weighted by Crippen LogP contribution is 2.29. The molecular weight excluding hydrogens is 430 g/mol. The molecule has 0 saturated heterocycles. The maximum Gasteiger partial charge on any atom is 0.229 e. The SMILES string of the molecule is CN(C)CCN(C(=O)CCS(=O)(=O)c1ccc(Cl)cc1)c1nc2ccccc2s1. The maximum atomic E-state index is 13.0. The topological polar surface area (TPSA) is 70.6 Å². The van der Waals surface area contributed by atoms with Crippen molar-refractivity contribution in [3.05, 3.63) is 53.6 Å². The second-order valence-electron chi connectivity index (χ2n) is 6.84. The van der Waals surface area contributed by atoms with Crippen molar-refractivity contribution in [2.45, 2.75) is 11.3 Å². The van der Waals surface area contributed by atoms with Crippen LogP contribution in [-0.2, 0) is 14.6 Å². The molecule has 0 spiro atoms. The lowest BCUT2D eigenvalue weighted by Crippen LogP contribution is -2.37. The van der Waals surface area contributed by atoms with E-state index in [1.54, 1.807) is 4.90 Å². The van der Waals surface area contributed by atoms with E-state index in [1.165, 1.54) is 35.6 Å². The summed E-state index contributed by atoms with van der Waals surface area (Å²) < 4.78 is 26.1. The molecule has 0 saturated carbocycles. The van der Waals surface area contributed by atoms with E-state index in [9.17, 15) is 13.2 Å². The van der Waals surface area contributed by atoms with E-state index in [1.807, 2.05) is 43.3 Å². The Morgan fingerprint density at radius 1 is 1.07 bits per heavy atom. The zero-order valence-electron chi connectivity index (χ0n) is 16.2. The van der Waals surface area contributed by atoms with E-state index >= 15 is 0 Å². The molecule has 3 aromatic rings. The summed E-state index contributed by atoms with van der Waals surface area (Å²) in [5.41, 5.74) is 0.823. The van der Waals surface area contributed by atoms with Gasteiger partial charge in [0, 0.05) is 24.5 Å². The van der Waals surface area contributed by atoms with Crippen molar-refractivity contribution in [3.63, 3.8) is 0 Å². The smallest absolute Gasteiger partial charge is 0.229 e. The molecule has 0 radical (unpaired) electrons. The number of likely N-dealkylation sites (N-methyl/N-ethyl adjacent to an activating group) is 1. The van der Waals surface area contributed by atoms with E-state index in [0.29, 0.717) is 23.2 Å². The van der Waals surface area contributed by atoms with Gasteiger partial charge in [0.2, 0.25) is 5.91 Å². The van der Waals surface area contributed by atoms with E-state index in [4.69, 9.17) is 11.6 Å². The molecule has 29 heavy (non-hydrogen) atoms. The zero-order valence-corrected chi connectivity index (χ0v) is 18.6. The number of para-hydroxylation sites is 1. The van der Waals surface area contributed by atoms with Gasteiger partial charge in [0.1, 0.15) is 0 Å². The molecule has 0 atom stereocenters. The first-order valence-electron chi connectivity index (χ1n) is 9.05. The predicted octanol–water partition coefficient (Wildman–Crippen LogP) is 3.71. The van der Waals surface area contributed by atoms with Crippen LogP contribution in [0.25, 0.3) is 10.2 Å². The summed E-state index contributed by atoms with van der Waals surface area (Å²) in [7, 11) is 0.268. The zero-order chi connectivity index (χ0) is 21.0. The summed E-state index contributed by atoms with van der Waals surface area (Å²) in [6, 6.07) is 13.6. The Morgan fingerprint density at radius 3 is 2.41 bits per heavy atom. The number of hydrogen-bond donors (Lipinski definition) is 0. The molecule has 0 unspecified atom stereocenters. The number of carbonyl (C=O) groups excluding carboxylic acids is 1. The number of thiazole rings is 1. The number of halogens is 1. The minimum absolute atomic E-state index is 0.117. The van der Waals surface area contributed by atoms with Gasteiger partial charge in [-0.25, -0.2) is 13.4 Å². The van der Waals surface area contributed by atoms with Crippen LogP contribution >= 0.6 is 22.9 Å². The van der Waals surface area contributed by atoms with Crippen molar-refractivity contribution < 1.29 is 13.2 Å². The van der Waals surface area contributed by atoms with E-state index in [-0.39, 0.29) is 23.0 Å². The quantitative estimate of drug-likeness (QED) is 0.522. The summed E-state index contributed by atoms with van der Waals surface area (Å²) in [5, 5.41) is 1.05. The molecule has 1 heterocycles. The Labute approximate surface area is 179 Å². The van der Waals surface area contributed by atoms with Crippen LogP contribution in [0.15, 0.2) is 53.4 Å². The largest absolute Gasteiger partial charge is 0.308 e. The van der Waals surface area contributed by atoms with Crippen LogP contribution in [0.1, 0.15) is 6.42 Å². The number of amides is 1. The lowest BCUT2D eigenvalue weighted by Gasteiger charge is -2.22. The Morgan fingerprint density at radius 2 is 1.76 bits per heavy atom. The van der Waals surface area contributed by atoms with E-state index < -0.39 is 9.84 Å². The molecule has 9 heteroatoms. The maximum absolute atomic E-state index is 13.0. The Kier molecular flexibility index (Phi) is 6.89. The van der Waals surface area contributed by atoms with E-state index in [2.05, 4.69) is 4.98 Å². The lowest BCUT2D eigenvalue weighted by molar-refractivity contribution is -0.118. The van der Waals surface area contributed by atoms with Crippen LogP contribution in [0, 0.1) is 0 Å². The van der Waals surface area contributed by atoms with Gasteiger partial charge in [0.25, 0.3) is 0 Å². The molecule has 0 aliphatic rings. The van der Waals surface area contributed by atoms with Crippen LogP contribution in [0.3, 0.4) is 0 Å². The third-order valence-electron chi connectivity index (χ3n) is 4.34. The molecule has 154 valence electrons. The highest BCUT2D eigenvalue weighted by Gasteiger charge is 2.23. The number of fused-ring (bicyclic) bond motifs is 1. The summed E-state index contributed by atoms with van der Waals surface area (Å²) in [5.74, 6) is -0.528. The number of benzene rings is 2. The van der Waals surface area contributed by atoms with Crippen LogP contribution in [0.4, 0.5) is 5.13 Å². The molecule has 0 aliphatic carbocycles. The molecule has 2 aromatic carbocycles. The average molecular weight is 452 g/mol. The number of nitrogens with zero attached hydrogens (tertiary/aromatic N) is 3. The molecule has 0 fully saturated rings. The summed E-state index contributed by atoms with van der Waals surface area (Å²) in [6.45, 7) is 1.08.